The van der Waals surface area contributed by atoms with Crippen LogP contribution in [0.15, 0.2) is 23.8 Å². The second-order valence-corrected chi connectivity index (χ2v) is 5.60. The predicted octanol–water partition coefficient (Wildman–Crippen LogP) is 2.81. The van der Waals surface area contributed by atoms with Crippen molar-refractivity contribution in [3.05, 3.63) is 23.8 Å². The zero-order chi connectivity index (χ0) is 12.6. The van der Waals surface area contributed by atoms with Crippen LogP contribution in [0.1, 0.15) is 34.1 Å². The lowest BCUT2D eigenvalue weighted by atomic mass is 9.64. The molecule has 0 aliphatic heterocycles. The summed E-state index contributed by atoms with van der Waals surface area (Å²) in [6.45, 7) is 8.30. The standard InChI is InChI=1S/C14H23NO/c1-11(16)10-12-8-7-9-14(4,15(5)6)13(12,2)3/h7-9H,10H2,1-6H3. The molecule has 0 aromatic heterocycles. The van der Waals surface area contributed by atoms with E-state index in [9.17, 15) is 4.79 Å². The number of Topliss-reactive ketones (excluding diaryl/α,β-unsaturated/α-hetero) is 1. The van der Waals surface area contributed by atoms with E-state index in [1.807, 2.05) is 0 Å². The highest BCUT2D eigenvalue weighted by molar-refractivity contribution is 5.78. The number of likely N-dealkylation sites (N-methyl/N-ethyl adjacent to an activating group) is 1. The topological polar surface area (TPSA) is 20.3 Å². The fourth-order valence-electron chi connectivity index (χ4n) is 2.35. The van der Waals surface area contributed by atoms with Crippen molar-refractivity contribution in [1.29, 1.82) is 0 Å². The molecule has 0 saturated heterocycles. The molecule has 0 saturated carbocycles. The number of carbonyl (C=O) groups is 1. The number of carbonyl (C=O) groups excluding carboxylic acids is 1. The van der Waals surface area contributed by atoms with E-state index in [0.717, 1.165) is 0 Å². The lowest BCUT2D eigenvalue weighted by molar-refractivity contribution is -0.116. The first kappa shape index (κ1) is 13.2. The molecule has 2 nitrogen and oxygen atoms in total. The van der Waals surface area contributed by atoms with Crippen molar-refractivity contribution in [2.75, 3.05) is 14.1 Å². The smallest absolute Gasteiger partial charge is 0.133 e. The molecule has 0 heterocycles. The average Bonchev–Trinajstić information content (AvgIpc) is 2.12. The molecule has 90 valence electrons. The van der Waals surface area contributed by atoms with E-state index >= 15 is 0 Å². The third kappa shape index (κ3) is 1.99. The summed E-state index contributed by atoms with van der Waals surface area (Å²) < 4.78 is 0. The summed E-state index contributed by atoms with van der Waals surface area (Å²) in [5.74, 6) is 0.232. The van der Waals surface area contributed by atoms with E-state index < -0.39 is 0 Å². The molecule has 0 radical (unpaired) electrons. The molecule has 0 aromatic rings. The third-order valence-corrected chi connectivity index (χ3v) is 4.15. The Bertz CT molecular complexity index is 350. The van der Waals surface area contributed by atoms with Crippen LogP contribution < -0.4 is 0 Å². The van der Waals surface area contributed by atoms with Crippen LogP contribution >= 0.6 is 0 Å². The van der Waals surface area contributed by atoms with Gasteiger partial charge in [0.05, 0.1) is 0 Å². The lowest BCUT2D eigenvalue weighted by Gasteiger charge is -2.50. The minimum Gasteiger partial charge on any atom is -0.300 e. The minimum atomic E-state index is -0.0352. The quantitative estimate of drug-likeness (QED) is 0.730. The molecule has 0 aromatic carbocycles. The van der Waals surface area contributed by atoms with Gasteiger partial charge in [0, 0.05) is 17.4 Å². The molecule has 0 spiro atoms. The molecule has 0 N–H and O–H groups in total. The molecular weight excluding hydrogens is 198 g/mol. The summed E-state index contributed by atoms with van der Waals surface area (Å²) >= 11 is 0. The number of rotatable bonds is 3. The lowest BCUT2D eigenvalue weighted by Crippen LogP contribution is -2.53. The second kappa shape index (κ2) is 4.17. The van der Waals surface area contributed by atoms with Crippen LogP contribution in [-0.4, -0.2) is 30.3 Å². The summed E-state index contributed by atoms with van der Waals surface area (Å²) in [6.07, 6.45) is 6.94. The van der Waals surface area contributed by atoms with Gasteiger partial charge < -0.3 is 0 Å². The second-order valence-electron chi connectivity index (χ2n) is 5.60. The van der Waals surface area contributed by atoms with Crippen LogP contribution in [-0.2, 0) is 4.79 Å². The minimum absolute atomic E-state index is 0.0169. The van der Waals surface area contributed by atoms with E-state index in [2.05, 4.69) is 58.0 Å². The fraction of sp³-hybridized carbons (Fsp3) is 0.643. The molecule has 2 heteroatoms. The van der Waals surface area contributed by atoms with Gasteiger partial charge in [-0.1, -0.05) is 37.6 Å². The Morgan fingerprint density at radius 3 is 2.31 bits per heavy atom. The molecule has 0 fully saturated rings. The van der Waals surface area contributed by atoms with Gasteiger partial charge in [-0.3, -0.25) is 9.69 Å². The Morgan fingerprint density at radius 2 is 1.88 bits per heavy atom. The van der Waals surface area contributed by atoms with Crippen molar-refractivity contribution >= 4 is 5.78 Å². The van der Waals surface area contributed by atoms with Crippen molar-refractivity contribution in [3.8, 4) is 0 Å². The van der Waals surface area contributed by atoms with Crippen LogP contribution in [0.3, 0.4) is 0 Å². The first-order valence-electron chi connectivity index (χ1n) is 5.77. The summed E-state index contributed by atoms with van der Waals surface area (Å²) in [4.78, 5) is 13.5. The van der Waals surface area contributed by atoms with E-state index in [0.29, 0.717) is 6.42 Å². The van der Waals surface area contributed by atoms with E-state index in [-0.39, 0.29) is 16.7 Å². The molecule has 16 heavy (non-hydrogen) atoms. The number of hydrogen-bond acceptors (Lipinski definition) is 2. The number of allylic oxidation sites excluding steroid dienone is 2. The molecular formula is C14H23NO. The van der Waals surface area contributed by atoms with Crippen molar-refractivity contribution < 1.29 is 4.79 Å². The number of hydrogen-bond donors (Lipinski definition) is 0. The van der Waals surface area contributed by atoms with Gasteiger partial charge >= 0.3 is 0 Å². The van der Waals surface area contributed by atoms with Gasteiger partial charge in [0.25, 0.3) is 0 Å². The van der Waals surface area contributed by atoms with E-state index in [1.165, 1.54) is 5.57 Å². The number of ketones is 1. The first-order valence-corrected chi connectivity index (χ1v) is 5.77. The normalized spacial score (nSPS) is 28.1. The molecule has 1 unspecified atom stereocenters. The Balaban J connectivity index is 3.12. The molecule has 1 aliphatic carbocycles. The van der Waals surface area contributed by atoms with Crippen LogP contribution in [0, 0.1) is 5.41 Å². The summed E-state index contributed by atoms with van der Waals surface area (Å²) in [5.41, 5.74) is 1.17. The van der Waals surface area contributed by atoms with Gasteiger partial charge in [-0.2, -0.15) is 0 Å². The predicted molar refractivity (Wildman–Crippen MR) is 68.4 cm³/mol. The summed E-state index contributed by atoms with van der Waals surface area (Å²) in [6, 6.07) is 0. The Labute approximate surface area is 99.0 Å². The van der Waals surface area contributed by atoms with Crippen LogP contribution in [0.25, 0.3) is 0 Å². The van der Waals surface area contributed by atoms with Gasteiger partial charge in [0.2, 0.25) is 0 Å². The average molecular weight is 221 g/mol. The zero-order valence-electron chi connectivity index (χ0n) is 11.3. The van der Waals surface area contributed by atoms with Gasteiger partial charge in [-0.05, 0) is 27.9 Å². The van der Waals surface area contributed by atoms with E-state index in [1.54, 1.807) is 6.92 Å². The highest BCUT2D eigenvalue weighted by atomic mass is 16.1. The zero-order valence-corrected chi connectivity index (χ0v) is 11.3. The Hall–Kier alpha value is -0.890. The molecule has 1 aliphatic rings. The summed E-state index contributed by atoms with van der Waals surface area (Å²) in [5, 5.41) is 0. The first-order chi connectivity index (χ1) is 7.22. The van der Waals surface area contributed by atoms with Crippen molar-refractivity contribution in [1.82, 2.24) is 4.90 Å². The van der Waals surface area contributed by atoms with Crippen molar-refractivity contribution in [2.45, 2.75) is 39.7 Å². The van der Waals surface area contributed by atoms with Crippen molar-refractivity contribution in [2.24, 2.45) is 5.41 Å². The number of nitrogens with zero attached hydrogens (tertiary/aromatic N) is 1. The van der Waals surface area contributed by atoms with E-state index in [4.69, 9.17) is 0 Å². The van der Waals surface area contributed by atoms with Crippen LogP contribution in [0.5, 0.6) is 0 Å². The molecule has 1 rings (SSSR count). The van der Waals surface area contributed by atoms with Crippen LogP contribution in [0.2, 0.25) is 0 Å². The van der Waals surface area contributed by atoms with Gasteiger partial charge in [0.1, 0.15) is 5.78 Å². The SMILES string of the molecule is CC(=O)CC1=CC=CC(C)(N(C)C)C1(C)C. The molecule has 1 atom stereocenters. The fourth-order valence-corrected chi connectivity index (χ4v) is 2.35. The maximum atomic E-state index is 11.3. The van der Waals surface area contributed by atoms with Gasteiger partial charge in [0.15, 0.2) is 0 Å². The maximum absolute atomic E-state index is 11.3. The van der Waals surface area contributed by atoms with Crippen LogP contribution in [0.4, 0.5) is 0 Å². The highest BCUT2D eigenvalue weighted by Crippen LogP contribution is 2.45. The van der Waals surface area contributed by atoms with Gasteiger partial charge in [-0.25, -0.2) is 0 Å². The largest absolute Gasteiger partial charge is 0.300 e. The van der Waals surface area contributed by atoms with Crippen molar-refractivity contribution in [3.63, 3.8) is 0 Å². The monoisotopic (exact) mass is 221 g/mol. The summed E-state index contributed by atoms with van der Waals surface area (Å²) in [7, 11) is 4.17. The maximum Gasteiger partial charge on any atom is 0.133 e. The Morgan fingerprint density at radius 1 is 1.31 bits per heavy atom. The molecule has 0 bridgehead atoms. The van der Waals surface area contributed by atoms with Gasteiger partial charge in [-0.15, -0.1) is 0 Å². The molecule has 0 amide bonds. The third-order valence-electron chi connectivity index (χ3n) is 4.15. The Kier molecular flexibility index (Phi) is 3.44. The highest BCUT2D eigenvalue weighted by Gasteiger charge is 2.44.